The van der Waals surface area contributed by atoms with Crippen LogP contribution in [0, 0.1) is 0 Å². The molecule has 0 amide bonds. The van der Waals surface area contributed by atoms with Crippen molar-refractivity contribution in [3.8, 4) is 0 Å². The lowest BCUT2D eigenvalue weighted by atomic mass is 10.1. The Morgan fingerprint density at radius 2 is 1.69 bits per heavy atom. The highest BCUT2D eigenvalue weighted by atomic mass is 16.1. The number of hydrogen-bond donors (Lipinski definition) is 0. The van der Waals surface area contributed by atoms with E-state index in [1.807, 2.05) is 24.3 Å². The average molecular weight is 210 g/mol. The van der Waals surface area contributed by atoms with Crippen molar-refractivity contribution in [1.29, 1.82) is 0 Å². The number of aromatic nitrogens is 2. The Balaban J connectivity index is 2.14. The summed E-state index contributed by atoms with van der Waals surface area (Å²) in [5.41, 5.74) is 2.51. The minimum Gasteiger partial charge on any atom is -0.298 e. The van der Waals surface area contributed by atoms with Gasteiger partial charge >= 0.3 is 0 Å². The van der Waals surface area contributed by atoms with Crippen LogP contribution >= 0.6 is 0 Å². The molecule has 0 aliphatic carbocycles. The van der Waals surface area contributed by atoms with Gasteiger partial charge in [-0.2, -0.15) is 0 Å². The van der Waals surface area contributed by atoms with Crippen LogP contribution in [-0.2, 0) is 0 Å². The molecule has 0 bridgehead atoms. The van der Waals surface area contributed by atoms with E-state index in [1.165, 1.54) is 0 Å². The molecule has 16 heavy (non-hydrogen) atoms. The molecule has 3 heteroatoms. The first-order chi connectivity index (χ1) is 7.88. The van der Waals surface area contributed by atoms with Gasteiger partial charge in [0.15, 0.2) is 0 Å². The van der Waals surface area contributed by atoms with Crippen LogP contribution in [-0.4, -0.2) is 16.3 Å². The molecule has 1 aromatic heterocycles. The first-order valence-corrected chi connectivity index (χ1v) is 4.88. The minimum atomic E-state index is 0.677. The number of carbonyl (C=O) groups is 1. The zero-order chi connectivity index (χ0) is 11.2. The van der Waals surface area contributed by atoms with E-state index < -0.39 is 0 Å². The molecule has 0 saturated carbocycles. The summed E-state index contributed by atoms with van der Waals surface area (Å²) in [6.45, 7) is 0. The highest BCUT2D eigenvalue weighted by molar-refractivity contribution is 5.76. The molecule has 0 saturated heterocycles. The van der Waals surface area contributed by atoms with Gasteiger partial charge in [0.05, 0.1) is 11.9 Å². The topological polar surface area (TPSA) is 42.9 Å². The van der Waals surface area contributed by atoms with Crippen molar-refractivity contribution < 1.29 is 4.79 Å². The second kappa shape index (κ2) is 4.98. The smallest absolute Gasteiger partial charge is 0.150 e. The van der Waals surface area contributed by atoms with E-state index in [1.54, 1.807) is 30.7 Å². The fraction of sp³-hybridized carbons (Fsp3) is 0. The zero-order valence-corrected chi connectivity index (χ0v) is 8.58. The predicted octanol–water partition coefficient (Wildman–Crippen LogP) is 2.46. The van der Waals surface area contributed by atoms with Crippen LogP contribution in [0.4, 0.5) is 0 Å². The van der Waals surface area contributed by atoms with Gasteiger partial charge in [-0.3, -0.25) is 14.8 Å². The van der Waals surface area contributed by atoms with Gasteiger partial charge in [-0.1, -0.05) is 30.3 Å². The quantitative estimate of drug-likeness (QED) is 0.731. The summed E-state index contributed by atoms with van der Waals surface area (Å²) >= 11 is 0. The largest absolute Gasteiger partial charge is 0.298 e. The molecule has 0 aliphatic heterocycles. The van der Waals surface area contributed by atoms with Crippen LogP contribution in [0.1, 0.15) is 21.6 Å². The van der Waals surface area contributed by atoms with Gasteiger partial charge in [0.25, 0.3) is 0 Å². The molecule has 0 radical (unpaired) electrons. The van der Waals surface area contributed by atoms with Crippen LogP contribution in [0.3, 0.4) is 0 Å². The van der Waals surface area contributed by atoms with Gasteiger partial charge in [-0.15, -0.1) is 0 Å². The number of rotatable bonds is 3. The number of nitrogens with zero attached hydrogens (tertiary/aromatic N) is 2. The van der Waals surface area contributed by atoms with Crippen molar-refractivity contribution in [2.45, 2.75) is 0 Å². The molecule has 78 valence electrons. The first kappa shape index (κ1) is 10.2. The van der Waals surface area contributed by atoms with Gasteiger partial charge < -0.3 is 0 Å². The average Bonchev–Trinajstić information content (AvgIpc) is 2.38. The van der Waals surface area contributed by atoms with Gasteiger partial charge in [0.1, 0.15) is 6.29 Å². The Kier molecular flexibility index (Phi) is 3.18. The molecule has 0 unspecified atom stereocenters. The Morgan fingerprint density at radius 3 is 2.31 bits per heavy atom. The van der Waals surface area contributed by atoms with Crippen molar-refractivity contribution >= 4 is 18.4 Å². The van der Waals surface area contributed by atoms with Crippen LogP contribution < -0.4 is 0 Å². The van der Waals surface area contributed by atoms with Crippen LogP contribution in [0.15, 0.2) is 42.9 Å². The first-order valence-electron chi connectivity index (χ1n) is 4.88. The summed E-state index contributed by atoms with van der Waals surface area (Å²) < 4.78 is 0. The molecule has 0 fully saturated rings. The van der Waals surface area contributed by atoms with E-state index in [0.29, 0.717) is 5.56 Å². The van der Waals surface area contributed by atoms with Gasteiger partial charge in [0.2, 0.25) is 0 Å². The van der Waals surface area contributed by atoms with Crippen LogP contribution in [0.25, 0.3) is 12.2 Å². The molecular formula is C13H10N2O. The van der Waals surface area contributed by atoms with E-state index >= 15 is 0 Å². The second-order valence-corrected chi connectivity index (χ2v) is 3.25. The minimum absolute atomic E-state index is 0.677. The maximum absolute atomic E-state index is 10.5. The number of carbonyl (C=O) groups excluding carboxylic acids is 1. The fourth-order valence-corrected chi connectivity index (χ4v) is 1.26. The third kappa shape index (κ3) is 2.60. The second-order valence-electron chi connectivity index (χ2n) is 3.25. The van der Waals surface area contributed by atoms with Crippen LogP contribution in [0.2, 0.25) is 0 Å². The summed E-state index contributed by atoms with van der Waals surface area (Å²) in [4.78, 5) is 18.5. The Labute approximate surface area is 93.5 Å². The Bertz CT molecular complexity index is 489. The van der Waals surface area contributed by atoms with E-state index in [0.717, 1.165) is 17.5 Å². The lowest BCUT2D eigenvalue weighted by Crippen LogP contribution is -1.81. The number of hydrogen-bond acceptors (Lipinski definition) is 3. The fourth-order valence-electron chi connectivity index (χ4n) is 1.26. The molecule has 2 aromatic rings. The van der Waals surface area contributed by atoms with Crippen LogP contribution in [0.5, 0.6) is 0 Å². The summed E-state index contributed by atoms with van der Waals surface area (Å²) in [7, 11) is 0. The Morgan fingerprint density at radius 1 is 0.938 bits per heavy atom. The predicted molar refractivity (Wildman–Crippen MR) is 62.8 cm³/mol. The van der Waals surface area contributed by atoms with Gasteiger partial charge in [-0.05, 0) is 11.6 Å². The highest BCUT2D eigenvalue weighted by Crippen LogP contribution is 2.06. The van der Waals surface area contributed by atoms with Crippen molar-refractivity contribution in [3.05, 3.63) is 59.7 Å². The molecule has 2 rings (SSSR count). The SMILES string of the molecule is O=Cc1ccc(C=Cc2cnccn2)cc1. The monoisotopic (exact) mass is 210 g/mol. The highest BCUT2D eigenvalue weighted by Gasteiger charge is 1.90. The summed E-state index contributed by atoms with van der Waals surface area (Å²) in [6.07, 6.45) is 9.61. The molecular weight excluding hydrogens is 200 g/mol. The van der Waals surface area contributed by atoms with E-state index in [2.05, 4.69) is 9.97 Å². The molecule has 0 N–H and O–H groups in total. The number of aldehydes is 1. The van der Waals surface area contributed by atoms with Gasteiger partial charge in [0, 0.05) is 18.0 Å². The maximum atomic E-state index is 10.5. The summed E-state index contributed by atoms with van der Waals surface area (Å²) in [5, 5.41) is 0. The third-order valence-electron chi connectivity index (χ3n) is 2.10. The lowest BCUT2D eigenvalue weighted by Gasteiger charge is -1.94. The van der Waals surface area contributed by atoms with Crippen molar-refractivity contribution in [2.24, 2.45) is 0 Å². The normalized spacial score (nSPS) is 10.5. The van der Waals surface area contributed by atoms with Crippen molar-refractivity contribution in [2.75, 3.05) is 0 Å². The van der Waals surface area contributed by atoms with Gasteiger partial charge in [-0.25, -0.2) is 0 Å². The molecule has 0 aliphatic rings. The summed E-state index contributed by atoms with van der Waals surface area (Å²) in [5.74, 6) is 0. The van der Waals surface area contributed by atoms with E-state index in [-0.39, 0.29) is 0 Å². The number of benzene rings is 1. The Hall–Kier alpha value is -2.29. The van der Waals surface area contributed by atoms with Crippen molar-refractivity contribution in [3.63, 3.8) is 0 Å². The molecule has 0 spiro atoms. The molecule has 0 atom stereocenters. The molecule has 1 heterocycles. The zero-order valence-electron chi connectivity index (χ0n) is 8.58. The summed E-state index contributed by atoms with van der Waals surface area (Å²) in [6, 6.07) is 7.33. The van der Waals surface area contributed by atoms with E-state index in [4.69, 9.17) is 0 Å². The lowest BCUT2D eigenvalue weighted by molar-refractivity contribution is 0.112. The maximum Gasteiger partial charge on any atom is 0.150 e. The third-order valence-corrected chi connectivity index (χ3v) is 2.10. The standard InChI is InChI=1S/C13H10N2O/c16-10-12-3-1-11(2-4-12)5-6-13-9-14-7-8-15-13/h1-10H. The molecule has 1 aromatic carbocycles. The van der Waals surface area contributed by atoms with E-state index in [9.17, 15) is 4.79 Å². The van der Waals surface area contributed by atoms with Crippen molar-refractivity contribution in [1.82, 2.24) is 9.97 Å². The molecule has 3 nitrogen and oxygen atoms in total.